The monoisotopic (exact) mass is 355 g/mol. The zero-order chi connectivity index (χ0) is 18.7. The van der Waals surface area contributed by atoms with Gasteiger partial charge in [0.2, 0.25) is 0 Å². The van der Waals surface area contributed by atoms with E-state index >= 15 is 0 Å². The van der Waals surface area contributed by atoms with Crippen molar-refractivity contribution in [2.75, 3.05) is 6.54 Å². The molecule has 0 radical (unpaired) electrons. The fourth-order valence-corrected chi connectivity index (χ4v) is 3.72. The van der Waals surface area contributed by atoms with Crippen LogP contribution in [0.3, 0.4) is 0 Å². The van der Waals surface area contributed by atoms with E-state index in [0.29, 0.717) is 24.1 Å². The van der Waals surface area contributed by atoms with Crippen molar-refractivity contribution < 1.29 is 13.6 Å². The lowest BCUT2D eigenvalue weighted by atomic mass is 9.78. The van der Waals surface area contributed by atoms with Crippen molar-refractivity contribution in [1.29, 1.82) is 5.26 Å². The van der Waals surface area contributed by atoms with Crippen molar-refractivity contribution in [1.82, 2.24) is 10.3 Å². The number of nitriles is 1. The number of benzene rings is 1. The third-order valence-corrected chi connectivity index (χ3v) is 5.08. The fraction of sp³-hybridized carbons (Fsp3) is 0.350. The lowest BCUT2D eigenvalue weighted by Crippen LogP contribution is -2.40. The molecule has 0 saturated heterocycles. The lowest BCUT2D eigenvalue weighted by molar-refractivity contribution is 0.0937. The van der Waals surface area contributed by atoms with Gasteiger partial charge < -0.3 is 5.32 Å². The van der Waals surface area contributed by atoms with E-state index in [0.717, 1.165) is 12.8 Å². The second-order valence-electron chi connectivity index (χ2n) is 6.71. The summed E-state index contributed by atoms with van der Waals surface area (Å²) >= 11 is 0. The highest BCUT2D eigenvalue weighted by Gasteiger charge is 2.40. The SMILES string of the molecule is Cc1nc(C(=O)NCC2(c3c(F)cccc3F)CCCC2)ccc1C#N. The molecule has 0 bridgehead atoms. The number of amides is 1. The highest BCUT2D eigenvalue weighted by molar-refractivity contribution is 5.92. The molecule has 1 aromatic carbocycles. The van der Waals surface area contributed by atoms with Crippen molar-refractivity contribution in [3.8, 4) is 6.07 Å². The van der Waals surface area contributed by atoms with Crippen LogP contribution in [0.4, 0.5) is 8.78 Å². The minimum atomic E-state index is -0.743. The first-order chi connectivity index (χ1) is 12.5. The maximum atomic E-state index is 14.3. The van der Waals surface area contributed by atoms with E-state index < -0.39 is 23.0 Å². The number of halogens is 2. The molecule has 1 aliphatic rings. The topological polar surface area (TPSA) is 65.8 Å². The molecule has 0 unspecified atom stereocenters. The van der Waals surface area contributed by atoms with Crippen LogP contribution in [-0.4, -0.2) is 17.4 Å². The van der Waals surface area contributed by atoms with Crippen LogP contribution >= 0.6 is 0 Å². The van der Waals surface area contributed by atoms with E-state index in [4.69, 9.17) is 5.26 Å². The minimum Gasteiger partial charge on any atom is -0.350 e. The Hall–Kier alpha value is -2.81. The van der Waals surface area contributed by atoms with Crippen LogP contribution in [0.1, 0.15) is 53.0 Å². The van der Waals surface area contributed by atoms with E-state index in [1.54, 1.807) is 13.0 Å². The Morgan fingerprint density at radius 3 is 2.46 bits per heavy atom. The van der Waals surface area contributed by atoms with Crippen molar-refractivity contribution in [2.24, 2.45) is 0 Å². The van der Waals surface area contributed by atoms with Crippen LogP contribution in [0.2, 0.25) is 0 Å². The number of pyridine rings is 1. The first kappa shape index (κ1) is 18.0. The van der Waals surface area contributed by atoms with Gasteiger partial charge in [-0.1, -0.05) is 18.9 Å². The molecule has 1 saturated carbocycles. The Morgan fingerprint density at radius 2 is 1.88 bits per heavy atom. The number of nitrogens with one attached hydrogen (secondary N) is 1. The van der Waals surface area contributed by atoms with Gasteiger partial charge in [0.25, 0.3) is 5.91 Å². The fourth-order valence-electron chi connectivity index (χ4n) is 3.72. The Kier molecular flexibility index (Phi) is 4.99. The van der Waals surface area contributed by atoms with E-state index in [-0.39, 0.29) is 17.8 Å². The molecule has 1 aromatic heterocycles. The molecule has 1 fully saturated rings. The highest BCUT2D eigenvalue weighted by atomic mass is 19.1. The molecule has 0 atom stereocenters. The summed E-state index contributed by atoms with van der Waals surface area (Å²) in [5.41, 5.74) is 0.371. The molecule has 6 heteroatoms. The first-order valence-corrected chi connectivity index (χ1v) is 8.57. The number of carbonyl (C=O) groups excluding carboxylic acids is 1. The average Bonchev–Trinajstić information content (AvgIpc) is 3.09. The summed E-state index contributed by atoms with van der Waals surface area (Å²) in [4.78, 5) is 16.6. The average molecular weight is 355 g/mol. The third-order valence-electron chi connectivity index (χ3n) is 5.08. The molecule has 1 N–H and O–H groups in total. The number of hydrogen-bond donors (Lipinski definition) is 1. The molecule has 26 heavy (non-hydrogen) atoms. The quantitative estimate of drug-likeness (QED) is 0.908. The molecular formula is C20H19F2N3O. The summed E-state index contributed by atoms with van der Waals surface area (Å²) in [7, 11) is 0. The molecule has 1 heterocycles. The van der Waals surface area contributed by atoms with Gasteiger partial charge in [-0.3, -0.25) is 4.79 Å². The summed E-state index contributed by atoms with van der Waals surface area (Å²) < 4.78 is 28.7. The predicted octanol–water partition coefficient (Wildman–Crippen LogP) is 3.78. The predicted molar refractivity (Wildman–Crippen MR) is 92.5 cm³/mol. The zero-order valence-electron chi connectivity index (χ0n) is 14.5. The Bertz CT molecular complexity index is 863. The molecule has 1 amide bonds. The van der Waals surface area contributed by atoms with E-state index in [1.165, 1.54) is 24.3 Å². The van der Waals surface area contributed by atoms with Gasteiger partial charge in [-0.05, 0) is 44.0 Å². The zero-order valence-corrected chi connectivity index (χ0v) is 14.5. The van der Waals surface area contributed by atoms with Gasteiger partial charge in [0, 0.05) is 17.5 Å². The van der Waals surface area contributed by atoms with Crippen LogP contribution in [0, 0.1) is 29.9 Å². The summed E-state index contributed by atoms with van der Waals surface area (Å²) in [5.74, 6) is -1.57. The van der Waals surface area contributed by atoms with Gasteiger partial charge >= 0.3 is 0 Å². The van der Waals surface area contributed by atoms with Crippen molar-refractivity contribution in [3.05, 3.63) is 64.5 Å². The number of hydrogen-bond acceptors (Lipinski definition) is 3. The number of rotatable bonds is 4. The van der Waals surface area contributed by atoms with Crippen molar-refractivity contribution in [3.63, 3.8) is 0 Å². The molecular weight excluding hydrogens is 336 g/mol. The summed E-state index contributed by atoms with van der Waals surface area (Å²) in [5, 5.41) is 11.7. The molecule has 4 nitrogen and oxygen atoms in total. The normalized spacial score (nSPS) is 15.5. The first-order valence-electron chi connectivity index (χ1n) is 8.57. The van der Waals surface area contributed by atoms with Crippen LogP contribution in [0.25, 0.3) is 0 Å². The lowest BCUT2D eigenvalue weighted by Gasteiger charge is -2.30. The second-order valence-corrected chi connectivity index (χ2v) is 6.71. The van der Waals surface area contributed by atoms with Crippen molar-refractivity contribution >= 4 is 5.91 Å². The third kappa shape index (κ3) is 3.30. The van der Waals surface area contributed by atoms with Crippen LogP contribution < -0.4 is 5.32 Å². The smallest absolute Gasteiger partial charge is 0.269 e. The van der Waals surface area contributed by atoms with Gasteiger partial charge in [-0.25, -0.2) is 13.8 Å². The number of aryl methyl sites for hydroxylation is 1. The number of nitrogens with zero attached hydrogens (tertiary/aromatic N) is 2. The largest absolute Gasteiger partial charge is 0.350 e. The molecule has 1 aliphatic carbocycles. The van der Waals surface area contributed by atoms with Gasteiger partial charge in [0.15, 0.2) is 0 Å². The Labute approximate surface area is 150 Å². The van der Waals surface area contributed by atoms with Gasteiger partial charge in [-0.2, -0.15) is 5.26 Å². The Morgan fingerprint density at radius 1 is 1.23 bits per heavy atom. The molecule has 0 spiro atoms. The van der Waals surface area contributed by atoms with Crippen LogP contribution in [0.15, 0.2) is 30.3 Å². The van der Waals surface area contributed by atoms with E-state index in [1.807, 2.05) is 6.07 Å². The van der Waals surface area contributed by atoms with E-state index in [2.05, 4.69) is 10.3 Å². The molecule has 0 aliphatic heterocycles. The number of carbonyl (C=O) groups is 1. The minimum absolute atomic E-state index is 0.0572. The molecule has 2 aromatic rings. The summed E-state index contributed by atoms with van der Waals surface area (Å²) in [6.07, 6.45) is 2.95. The highest BCUT2D eigenvalue weighted by Crippen LogP contribution is 2.42. The van der Waals surface area contributed by atoms with Crippen molar-refractivity contribution in [2.45, 2.75) is 38.0 Å². The van der Waals surface area contributed by atoms with Crippen LogP contribution in [0.5, 0.6) is 0 Å². The number of aromatic nitrogens is 1. The summed E-state index contributed by atoms with van der Waals surface area (Å²) in [6, 6.07) is 8.88. The standard InChI is InChI=1S/C20H19F2N3O/c1-13-14(11-23)7-8-17(25-13)19(26)24-12-20(9-2-3-10-20)18-15(21)5-4-6-16(18)22/h4-8H,2-3,9-10,12H2,1H3,(H,24,26). The van der Waals surface area contributed by atoms with E-state index in [9.17, 15) is 13.6 Å². The maximum absolute atomic E-state index is 14.3. The molecule has 3 rings (SSSR count). The van der Waals surface area contributed by atoms with Gasteiger partial charge in [-0.15, -0.1) is 0 Å². The van der Waals surface area contributed by atoms with Gasteiger partial charge in [0.05, 0.1) is 11.3 Å². The van der Waals surface area contributed by atoms with Crippen LogP contribution in [-0.2, 0) is 5.41 Å². The maximum Gasteiger partial charge on any atom is 0.269 e. The second kappa shape index (κ2) is 7.20. The summed E-state index contributed by atoms with van der Waals surface area (Å²) in [6.45, 7) is 1.80. The molecule has 134 valence electrons. The Balaban J connectivity index is 1.83. The van der Waals surface area contributed by atoms with Gasteiger partial charge in [0.1, 0.15) is 23.4 Å².